The number of hydrogen-bond donors (Lipinski definition) is 1. The highest BCUT2D eigenvalue weighted by molar-refractivity contribution is 5.46. The predicted molar refractivity (Wildman–Crippen MR) is 47.3 cm³/mol. The van der Waals surface area contributed by atoms with E-state index < -0.39 is 0 Å². The molecule has 0 aromatic rings. The summed E-state index contributed by atoms with van der Waals surface area (Å²) in [5, 5.41) is 2.71. The normalized spacial score (nSPS) is 11.9. The first-order valence-electron chi connectivity index (χ1n) is 4.00. The molecule has 1 amide bonds. The summed E-state index contributed by atoms with van der Waals surface area (Å²) in [6.07, 6.45) is 5.00. The van der Waals surface area contributed by atoms with Crippen molar-refractivity contribution < 1.29 is 4.79 Å². The van der Waals surface area contributed by atoms with Gasteiger partial charge in [-0.2, -0.15) is 0 Å². The van der Waals surface area contributed by atoms with E-state index in [1.807, 2.05) is 6.92 Å². The molecule has 1 atom stereocenters. The molecule has 11 heavy (non-hydrogen) atoms. The van der Waals surface area contributed by atoms with Crippen molar-refractivity contribution in [2.45, 2.75) is 39.7 Å². The highest BCUT2D eigenvalue weighted by Crippen LogP contribution is 1.99. The molecule has 0 aromatic heterocycles. The average Bonchev–Trinajstić information content (AvgIpc) is 1.87. The maximum atomic E-state index is 9.99. The van der Waals surface area contributed by atoms with E-state index in [-0.39, 0.29) is 0 Å². The molecule has 64 valence electrons. The number of carbonyl (C=O) groups is 1. The van der Waals surface area contributed by atoms with Gasteiger partial charge in [0, 0.05) is 6.04 Å². The Balaban J connectivity index is 3.38. The van der Waals surface area contributed by atoms with Crippen LogP contribution < -0.4 is 5.32 Å². The second-order valence-electron chi connectivity index (χ2n) is 3.04. The van der Waals surface area contributed by atoms with Crippen molar-refractivity contribution >= 4 is 6.41 Å². The summed E-state index contributed by atoms with van der Waals surface area (Å²) in [5.74, 6) is 0. The molecule has 0 bridgehead atoms. The van der Waals surface area contributed by atoms with Gasteiger partial charge in [0.05, 0.1) is 0 Å². The second kappa shape index (κ2) is 5.96. The zero-order valence-electron chi connectivity index (χ0n) is 7.55. The number of allylic oxidation sites excluding steroid dienone is 2. The van der Waals surface area contributed by atoms with Crippen LogP contribution in [0.15, 0.2) is 11.6 Å². The van der Waals surface area contributed by atoms with Crippen molar-refractivity contribution in [3.05, 3.63) is 11.6 Å². The van der Waals surface area contributed by atoms with E-state index in [9.17, 15) is 4.79 Å². The lowest BCUT2D eigenvalue weighted by atomic mass is 10.1. The zero-order chi connectivity index (χ0) is 8.69. The summed E-state index contributed by atoms with van der Waals surface area (Å²) in [5.41, 5.74) is 1.34. The SMILES string of the molecule is CC(C)=CCC[C@H](C)NC=O. The lowest BCUT2D eigenvalue weighted by molar-refractivity contribution is -0.110. The smallest absolute Gasteiger partial charge is 0.207 e. The largest absolute Gasteiger partial charge is 0.356 e. The Bertz CT molecular complexity index is 136. The van der Waals surface area contributed by atoms with Gasteiger partial charge in [0.15, 0.2) is 0 Å². The minimum Gasteiger partial charge on any atom is -0.356 e. The number of nitrogens with one attached hydrogen (secondary N) is 1. The highest BCUT2D eigenvalue weighted by Gasteiger charge is 1.95. The minimum atomic E-state index is 0.295. The van der Waals surface area contributed by atoms with Crippen molar-refractivity contribution in [3.63, 3.8) is 0 Å². The lowest BCUT2D eigenvalue weighted by Gasteiger charge is -2.06. The Hall–Kier alpha value is -0.790. The van der Waals surface area contributed by atoms with E-state index in [1.54, 1.807) is 0 Å². The number of rotatable bonds is 5. The maximum absolute atomic E-state index is 9.99. The molecule has 0 saturated carbocycles. The third kappa shape index (κ3) is 7.10. The molecule has 1 N–H and O–H groups in total. The van der Waals surface area contributed by atoms with Crippen LogP contribution in [0.1, 0.15) is 33.6 Å². The number of amides is 1. The first-order valence-corrected chi connectivity index (χ1v) is 4.00. The highest BCUT2D eigenvalue weighted by atomic mass is 16.1. The van der Waals surface area contributed by atoms with Crippen LogP contribution in [0.4, 0.5) is 0 Å². The summed E-state index contributed by atoms with van der Waals surface area (Å²) >= 11 is 0. The van der Waals surface area contributed by atoms with Gasteiger partial charge in [-0.1, -0.05) is 11.6 Å². The summed E-state index contributed by atoms with van der Waals surface area (Å²) in [4.78, 5) is 9.99. The summed E-state index contributed by atoms with van der Waals surface area (Å²) in [6, 6.07) is 0.295. The minimum absolute atomic E-state index is 0.295. The van der Waals surface area contributed by atoms with Crippen molar-refractivity contribution in [3.8, 4) is 0 Å². The molecule has 0 aliphatic heterocycles. The van der Waals surface area contributed by atoms with Gasteiger partial charge in [-0.05, 0) is 33.6 Å². The van der Waals surface area contributed by atoms with Gasteiger partial charge in [0.1, 0.15) is 0 Å². The molecule has 2 nitrogen and oxygen atoms in total. The Morgan fingerprint density at radius 3 is 2.64 bits per heavy atom. The Morgan fingerprint density at radius 1 is 1.55 bits per heavy atom. The number of carbonyl (C=O) groups excluding carboxylic acids is 1. The molecule has 0 radical (unpaired) electrons. The van der Waals surface area contributed by atoms with E-state index in [2.05, 4.69) is 25.2 Å². The van der Waals surface area contributed by atoms with Crippen molar-refractivity contribution in [1.29, 1.82) is 0 Å². The van der Waals surface area contributed by atoms with E-state index in [4.69, 9.17) is 0 Å². The van der Waals surface area contributed by atoms with Crippen LogP contribution in [0.2, 0.25) is 0 Å². The summed E-state index contributed by atoms with van der Waals surface area (Å²) < 4.78 is 0. The molecule has 2 heteroatoms. The molecule has 0 fully saturated rings. The molecule has 0 aromatic carbocycles. The van der Waals surface area contributed by atoms with Crippen LogP contribution >= 0.6 is 0 Å². The Kier molecular flexibility index (Phi) is 5.53. The van der Waals surface area contributed by atoms with E-state index >= 15 is 0 Å². The van der Waals surface area contributed by atoms with Gasteiger partial charge in [0.2, 0.25) is 6.41 Å². The molecule has 0 heterocycles. The second-order valence-corrected chi connectivity index (χ2v) is 3.04. The first-order chi connectivity index (χ1) is 5.16. The first kappa shape index (κ1) is 10.2. The molecule has 0 aliphatic rings. The van der Waals surface area contributed by atoms with Crippen molar-refractivity contribution in [2.24, 2.45) is 0 Å². The fourth-order valence-corrected chi connectivity index (χ4v) is 0.821. The fourth-order valence-electron chi connectivity index (χ4n) is 0.821. The molecule has 0 rings (SSSR count). The van der Waals surface area contributed by atoms with Crippen LogP contribution in [0.5, 0.6) is 0 Å². The third-order valence-electron chi connectivity index (χ3n) is 1.50. The van der Waals surface area contributed by atoms with E-state index in [0.29, 0.717) is 6.04 Å². The van der Waals surface area contributed by atoms with Crippen LogP contribution in [0, 0.1) is 0 Å². The predicted octanol–water partition coefficient (Wildman–Crippen LogP) is 1.87. The molecule has 0 aliphatic carbocycles. The molecular formula is C9H17NO. The monoisotopic (exact) mass is 155 g/mol. The lowest BCUT2D eigenvalue weighted by Crippen LogP contribution is -2.23. The van der Waals surface area contributed by atoms with Crippen molar-refractivity contribution in [1.82, 2.24) is 5.32 Å². The Labute approximate surface area is 68.7 Å². The van der Waals surface area contributed by atoms with Crippen LogP contribution in [-0.4, -0.2) is 12.5 Å². The van der Waals surface area contributed by atoms with Gasteiger partial charge in [-0.15, -0.1) is 0 Å². The number of hydrogen-bond acceptors (Lipinski definition) is 1. The fraction of sp³-hybridized carbons (Fsp3) is 0.667. The van der Waals surface area contributed by atoms with Crippen LogP contribution in [0.25, 0.3) is 0 Å². The van der Waals surface area contributed by atoms with E-state index in [0.717, 1.165) is 19.3 Å². The van der Waals surface area contributed by atoms with Gasteiger partial charge in [-0.25, -0.2) is 0 Å². The van der Waals surface area contributed by atoms with Crippen LogP contribution in [0.3, 0.4) is 0 Å². The summed E-state index contributed by atoms with van der Waals surface area (Å²) in [6.45, 7) is 6.17. The van der Waals surface area contributed by atoms with Gasteiger partial charge in [0.25, 0.3) is 0 Å². The van der Waals surface area contributed by atoms with E-state index in [1.165, 1.54) is 5.57 Å². The summed E-state index contributed by atoms with van der Waals surface area (Å²) in [7, 11) is 0. The van der Waals surface area contributed by atoms with Gasteiger partial charge < -0.3 is 5.32 Å². The quantitative estimate of drug-likeness (QED) is 0.476. The molecule has 0 spiro atoms. The zero-order valence-corrected chi connectivity index (χ0v) is 7.55. The van der Waals surface area contributed by atoms with Gasteiger partial charge >= 0.3 is 0 Å². The third-order valence-corrected chi connectivity index (χ3v) is 1.50. The van der Waals surface area contributed by atoms with Crippen molar-refractivity contribution in [2.75, 3.05) is 0 Å². The Morgan fingerprint density at radius 2 is 2.18 bits per heavy atom. The molecular weight excluding hydrogens is 138 g/mol. The van der Waals surface area contributed by atoms with Crippen LogP contribution in [-0.2, 0) is 4.79 Å². The maximum Gasteiger partial charge on any atom is 0.207 e. The average molecular weight is 155 g/mol. The standard InChI is InChI=1S/C9H17NO/c1-8(2)5-4-6-9(3)10-7-11/h5,7,9H,4,6H2,1-3H3,(H,10,11)/t9-/m0/s1. The van der Waals surface area contributed by atoms with Gasteiger partial charge in [-0.3, -0.25) is 4.79 Å². The molecule has 0 saturated heterocycles. The molecule has 0 unspecified atom stereocenters. The topological polar surface area (TPSA) is 29.1 Å².